The van der Waals surface area contributed by atoms with E-state index in [4.69, 9.17) is 9.84 Å². The molecule has 0 unspecified atom stereocenters. The number of nitrogens with zero attached hydrogens (tertiary/aromatic N) is 1. The van der Waals surface area contributed by atoms with Gasteiger partial charge < -0.3 is 9.84 Å². The average molecular weight is 117 g/mol. The van der Waals surface area contributed by atoms with Crippen molar-refractivity contribution >= 4 is 6.72 Å². The van der Waals surface area contributed by atoms with E-state index in [0.29, 0.717) is 19.8 Å². The van der Waals surface area contributed by atoms with E-state index in [2.05, 4.69) is 11.7 Å². The van der Waals surface area contributed by atoms with Crippen LogP contribution in [-0.4, -0.2) is 38.2 Å². The molecule has 0 atom stereocenters. The molecule has 0 amide bonds. The molecular formula is C5H11NO2. The number of aliphatic hydroxyl groups is 1. The van der Waals surface area contributed by atoms with Crippen LogP contribution in [0.2, 0.25) is 0 Å². The van der Waals surface area contributed by atoms with Crippen LogP contribution in [-0.2, 0) is 4.74 Å². The second kappa shape index (κ2) is 6.59. The highest BCUT2D eigenvalue weighted by Crippen LogP contribution is 1.72. The van der Waals surface area contributed by atoms with Gasteiger partial charge in [0.1, 0.15) is 0 Å². The van der Waals surface area contributed by atoms with E-state index in [1.165, 1.54) is 0 Å². The van der Waals surface area contributed by atoms with Crippen molar-refractivity contribution in [3.8, 4) is 0 Å². The lowest BCUT2D eigenvalue weighted by Crippen LogP contribution is -2.02. The number of hydrogen-bond donors (Lipinski definition) is 1. The highest BCUT2D eigenvalue weighted by molar-refractivity contribution is 5.22. The van der Waals surface area contributed by atoms with Crippen molar-refractivity contribution < 1.29 is 9.84 Å². The molecular weight excluding hydrogens is 106 g/mol. The van der Waals surface area contributed by atoms with E-state index in [0.717, 1.165) is 0 Å². The van der Waals surface area contributed by atoms with Gasteiger partial charge in [-0.3, -0.25) is 4.99 Å². The van der Waals surface area contributed by atoms with Gasteiger partial charge in [0.2, 0.25) is 0 Å². The molecule has 0 aliphatic heterocycles. The van der Waals surface area contributed by atoms with Crippen molar-refractivity contribution in [2.45, 2.75) is 0 Å². The highest BCUT2D eigenvalue weighted by atomic mass is 16.5. The van der Waals surface area contributed by atoms with E-state index in [9.17, 15) is 0 Å². The maximum atomic E-state index is 8.19. The minimum Gasteiger partial charge on any atom is -0.394 e. The summed E-state index contributed by atoms with van der Waals surface area (Å²) in [4.78, 5) is 3.55. The van der Waals surface area contributed by atoms with Crippen LogP contribution < -0.4 is 0 Å². The molecule has 0 fully saturated rings. The molecule has 3 nitrogen and oxygen atoms in total. The number of rotatable bonds is 5. The third-order valence-electron chi connectivity index (χ3n) is 0.629. The second-order valence-electron chi connectivity index (χ2n) is 1.28. The Bertz CT molecular complexity index is 56.4. The monoisotopic (exact) mass is 117 g/mol. The largest absolute Gasteiger partial charge is 0.394 e. The van der Waals surface area contributed by atoms with Gasteiger partial charge in [0, 0.05) is 0 Å². The van der Waals surface area contributed by atoms with Crippen molar-refractivity contribution in [3.63, 3.8) is 0 Å². The molecule has 0 aromatic heterocycles. The molecule has 0 saturated heterocycles. The first kappa shape index (κ1) is 7.59. The molecule has 0 saturated carbocycles. The Morgan fingerprint density at radius 1 is 1.50 bits per heavy atom. The van der Waals surface area contributed by atoms with Crippen molar-refractivity contribution in [1.82, 2.24) is 0 Å². The first-order chi connectivity index (χ1) is 3.91. The van der Waals surface area contributed by atoms with E-state index in [-0.39, 0.29) is 6.61 Å². The van der Waals surface area contributed by atoms with Crippen molar-refractivity contribution in [2.75, 3.05) is 26.4 Å². The lowest BCUT2D eigenvalue weighted by atomic mass is 10.7. The summed E-state index contributed by atoms with van der Waals surface area (Å²) in [6, 6.07) is 0. The van der Waals surface area contributed by atoms with Crippen LogP contribution in [0, 0.1) is 0 Å². The lowest BCUT2D eigenvalue weighted by molar-refractivity contribution is 0.0979. The van der Waals surface area contributed by atoms with Crippen molar-refractivity contribution in [2.24, 2.45) is 4.99 Å². The molecule has 0 aliphatic rings. The smallest absolute Gasteiger partial charge is 0.0698 e. The number of hydrogen-bond acceptors (Lipinski definition) is 3. The van der Waals surface area contributed by atoms with Gasteiger partial charge in [-0.05, 0) is 6.72 Å². The maximum absolute atomic E-state index is 8.19. The lowest BCUT2D eigenvalue weighted by Gasteiger charge is -1.95. The third-order valence-corrected chi connectivity index (χ3v) is 0.629. The van der Waals surface area contributed by atoms with Gasteiger partial charge in [-0.15, -0.1) is 0 Å². The molecule has 0 bridgehead atoms. The van der Waals surface area contributed by atoms with Gasteiger partial charge in [-0.2, -0.15) is 0 Å². The summed E-state index contributed by atoms with van der Waals surface area (Å²) >= 11 is 0. The fourth-order valence-electron chi connectivity index (χ4n) is 0.296. The molecule has 0 heterocycles. The topological polar surface area (TPSA) is 41.8 Å². The fourth-order valence-corrected chi connectivity index (χ4v) is 0.296. The second-order valence-corrected chi connectivity index (χ2v) is 1.28. The molecule has 0 aromatic carbocycles. The van der Waals surface area contributed by atoms with Crippen molar-refractivity contribution in [1.29, 1.82) is 0 Å². The summed E-state index contributed by atoms with van der Waals surface area (Å²) in [5.41, 5.74) is 0. The first-order valence-corrected chi connectivity index (χ1v) is 2.53. The predicted molar refractivity (Wildman–Crippen MR) is 32.3 cm³/mol. The van der Waals surface area contributed by atoms with E-state index in [1.807, 2.05) is 0 Å². The molecule has 3 heteroatoms. The van der Waals surface area contributed by atoms with E-state index < -0.39 is 0 Å². The van der Waals surface area contributed by atoms with Crippen LogP contribution in [0.5, 0.6) is 0 Å². The van der Waals surface area contributed by atoms with Gasteiger partial charge in [0.15, 0.2) is 0 Å². The fraction of sp³-hybridized carbons (Fsp3) is 0.800. The summed E-state index contributed by atoms with van der Waals surface area (Å²) in [6.07, 6.45) is 0. The van der Waals surface area contributed by atoms with Crippen LogP contribution in [0.25, 0.3) is 0 Å². The minimum atomic E-state index is 0.0805. The van der Waals surface area contributed by atoms with Crippen LogP contribution in [0.3, 0.4) is 0 Å². The Morgan fingerprint density at radius 3 is 2.75 bits per heavy atom. The molecule has 0 aliphatic carbocycles. The third kappa shape index (κ3) is 5.59. The Hall–Kier alpha value is -0.410. The molecule has 0 radical (unpaired) electrons. The molecule has 0 spiro atoms. The zero-order valence-electron chi connectivity index (χ0n) is 4.84. The van der Waals surface area contributed by atoms with Crippen LogP contribution in [0.4, 0.5) is 0 Å². The normalized spacial score (nSPS) is 9.12. The summed E-state index contributed by atoms with van der Waals surface area (Å²) < 4.78 is 4.84. The first-order valence-electron chi connectivity index (χ1n) is 2.53. The number of ether oxygens (including phenoxy) is 1. The summed E-state index contributed by atoms with van der Waals surface area (Å²) in [6.45, 7) is 4.92. The van der Waals surface area contributed by atoms with Crippen LogP contribution in [0.15, 0.2) is 4.99 Å². The minimum absolute atomic E-state index is 0.0805. The molecule has 1 N–H and O–H groups in total. The Morgan fingerprint density at radius 2 is 2.25 bits per heavy atom. The van der Waals surface area contributed by atoms with Crippen molar-refractivity contribution in [3.05, 3.63) is 0 Å². The average Bonchev–Trinajstić information content (AvgIpc) is 1.81. The maximum Gasteiger partial charge on any atom is 0.0698 e. The summed E-state index contributed by atoms with van der Waals surface area (Å²) in [5.74, 6) is 0. The van der Waals surface area contributed by atoms with Gasteiger partial charge in [-0.25, -0.2) is 0 Å². The van der Waals surface area contributed by atoms with Gasteiger partial charge in [0.05, 0.1) is 26.4 Å². The Kier molecular flexibility index (Phi) is 6.25. The van der Waals surface area contributed by atoms with Gasteiger partial charge in [0.25, 0.3) is 0 Å². The predicted octanol–water partition coefficient (Wildman–Crippen LogP) is -0.304. The summed E-state index contributed by atoms with van der Waals surface area (Å²) in [7, 11) is 0. The zero-order chi connectivity index (χ0) is 6.24. The van der Waals surface area contributed by atoms with Gasteiger partial charge >= 0.3 is 0 Å². The summed E-state index contributed by atoms with van der Waals surface area (Å²) in [5, 5.41) is 8.19. The number of aliphatic hydroxyl groups excluding tert-OH is 1. The molecule has 8 heavy (non-hydrogen) atoms. The Balaban J connectivity index is 2.62. The molecule has 0 aromatic rings. The standard InChI is InChI=1S/C5H11NO2/c1-6-2-4-8-5-3-7/h7H,1-5H2. The van der Waals surface area contributed by atoms with Gasteiger partial charge in [-0.1, -0.05) is 0 Å². The molecule has 0 rings (SSSR count). The molecule has 48 valence electrons. The number of aliphatic imine (C=N–C) groups is 1. The quantitative estimate of drug-likeness (QED) is 0.396. The van der Waals surface area contributed by atoms with E-state index >= 15 is 0 Å². The van der Waals surface area contributed by atoms with E-state index in [1.54, 1.807) is 0 Å². The zero-order valence-corrected chi connectivity index (χ0v) is 4.84. The Labute approximate surface area is 49.0 Å². The van der Waals surface area contributed by atoms with Crippen LogP contribution >= 0.6 is 0 Å². The SMILES string of the molecule is C=NCCOCCO. The van der Waals surface area contributed by atoms with Crippen LogP contribution in [0.1, 0.15) is 0 Å². The highest BCUT2D eigenvalue weighted by Gasteiger charge is 1.80.